The minimum absolute atomic E-state index is 0.00282. The third kappa shape index (κ3) is 4.16. The van der Waals surface area contributed by atoms with Crippen LogP contribution in [0.2, 0.25) is 0 Å². The molecule has 8 heteroatoms. The summed E-state index contributed by atoms with van der Waals surface area (Å²) in [5.41, 5.74) is -1.57. The predicted octanol–water partition coefficient (Wildman–Crippen LogP) is 2.03. The molecule has 32 heavy (non-hydrogen) atoms. The lowest BCUT2D eigenvalue weighted by molar-refractivity contribution is -0.155. The molecule has 0 unspecified atom stereocenters. The Bertz CT molecular complexity index is 756. The third-order valence-electron chi connectivity index (χ3n) is 7.05. The monoisotopic (exact) mass is 452 g/mol. The molecule has 3 heterocycles. The zero-order chi connectivity index (χ0) is 24.1. The van der Waals surface area contributed by atoms with E-state index >= 15 is 0 Å². The van der Waals surface area contributed by atoms with Gasteiger partial charge in [-0.15, -0.1) is 0 Å². The van der Waals surface area contributed by atoms with Gasteiger partial charge < -0.3 is 24.8 Å². The molecule has 2 bridgehead atoms. The van der Waals surface area contributed by atoms with E-state index in [1.807, 2.05) is 20.8 Å². The van der Waals surface area contributed by atoms with Gasteiger partial charge in [0.25, 0.3) is 0 Å². The molecule has 6 atom stereocenters. The number of hydrogen-bond donors (Lipinski definition) is 2. The van der Waals surface area contributed by atoms with E-state index in [-0.39, 0.29) is 30.4 Å². The van der Waals surface area contributed by atoms with Gasteiger partial charge in [0, 0.05) is 5.54 Å². The summed E-state index contributed by atoms with van der Waals surface area (Å²) in [5.74, 6) is -2.49. The Kier molecular flexibility index (Phi) is 6.71. The van der Waals surface area contributed by atoms with Gasteiger partial charge in [0.2, 0.25) is 11.8 Å². The number of rotatable bonds is 8. The molecule has 1 spiro atoms. The molecule has 3 rings (SSSR count). The Labute approximate surface area is 191 Å². The topological polar surface area (TPSA) is 105 Å². The number of aliphatic hydroxyl groups is 1. The molecule has 0 aromatic heterocycles. The minimum atomic E-state index is -1.07. The van der Waals surface area contributed by atoms with Crippen LogP contribution in [0.3, 0.4) is 0 Å². The number of aliphatic hydroxyl groups excluding tert-OH is 1. The largest absolute Gasteiger partial charge is 0.466 e. The lowest BCUT2D eigenvalue weighted by Crippen LogP contribution is -2.61. The average Bonchev–Trinajstić information content (AvgIpc) is 3.28. The number of amides is 2. The van der Waals surface area contributed by atoms with Gasteiger partial charge in [0.15, 0.2) is 0 Å². The second-order valence-corrected chi connectivity index (χ2v) is 11.4. The van der Waals surface area contributed by atoms with Gasteiger partial charge in [-0.25, -0.2) is 0 Å². The maximum atomic E-state index is 13.8. The average molecular weight is 453 g/mol. The summed E-state index contributed by atoms with van der Waals surface area (Å²) in [5, 5.41) is 13.2. The summed E-state index contributed by atoms with van der Waals surface area (Å²) >= 11 is 0. The summed E-state index contributed by atoms with van der Waals surface area (Å²) in [4.78, 5) is 41.8. The van der Waals surface area contributed by atoms with Gasteiger partial charge in [-0.1, -0.05) is 27.7 Å². The fourth-order valence-electron chi connectivity index (χ4n) is 6.48. The van der Waals surface area contributed by atoms with Crippen molar-refractivity contribution in [3.8, 4) is 0 Å². The number of likely N-dealkylation sites (tertiary alicyclic amines) is 1. The van der Waals surface area contributed by atoms with E-state index in [2.05, 4.69) is 26.1 Å². The van der Waals surface area contributed by atoms with E-state index in [1.54, 1.807) is 6.92 Å². The van der Waals surface area contributed by atoms with Crippen LogP contribution in [-0.2, 0) is 23.9 Å². The Hall–Kier alpha value is -1.67. The van der Waals surface area contributed by atoms with Gasteiger partial charge in [-0.2, -0.15) is 0 Å². The number of hydrogen-bond acceptors (Lipinski definition) is 6. The Balaban J connectivity index is 2.00. The maximum absolute atomic E-state index is 13.8. The molecule has 2 N–H and O–H groups in total. The molecule has 0 radical (unpaired) electrons. The fraction of sp³-hybridized carbons (Fsp3) is 0.875. The molecule has 3 saturated heterocycles. The van der Waals surface area contributed by atoms with Crippen molar-refractivity contribution in [3.63, 3.8) is 0 Å². The number of nitrogens with one attached hydrogen (secondary N) is 1. The van der Waals surface area contributed by atoms with Crippen LogP contribution < -0.4 is 5.32 Å². The van der Waals surface area contributed by atoms with E-state index in [4.69, 9.17) is 9.47 Å². The van der Waals surface area contributed by atoms with Crippen molar-refractivity contribution in [1.82, 2.24) is 10.2 Å². The summed E-state index contributed by atoms with van der Waals surface area (Å²) < 4.78 is 11.6. The first-order valence-electron chi connectivity index (χ1n) is 11.9. The van der Waals surface area contributed by atoms with Crippen LogP contribution in [0.5, 0.6) is 0 Å². The van der Waals surface area contributed by atoms with Gasteiger partial charge in [-0.05, 0) is 51.9 Å². The van der Waals surface area contributed by atoms with Crippen LogP contribution in [0.15, 0.2) is 0 Å². The molecule has 0 saturated carbocycles. The van der Waals surface area contributed by atoms with E-state index in [0.29, 0.717) is 19.3 Å². The first-order valence-corrected chi connectivity index (χ1v) is 11.9. The SMILES string of the molecule is CCOC(=O)[C@@H]1[C@@H]2CC[C@]3(O2)[C@H](C(=O)NC(C)(C)CC(C)(C)C)N([C@@H](CC)CO)C(=O)[C@@H]13. The zero-order valence-corrected chi connectivity index (χ0v) is 20.6. The third-order valence-corrected chi connectivity index (χ3v) is 7.05. The van der Waals surface area contributed by atoms with Crippen molar-refractivity contribution in [2.45, 2.75) is 103 Å². The Morgan fingerprint density at radius 3 is 2.47 bits per heavy atom. The van der Waals surface area contributed by atoms with Crippen molar-refractivity contribution in [2.24, 2.45) is 17.3 Å². The zero-order valence-electron chi connectivity index (χ0n) is 20.6. The second-order valence-electron chi connectivity index (χ2n) is 11.4. The van der Waals surface area contributed by atoms with E-state index in [0.717, 1.165) is 6.42 Å². The molecule has 8 nitrogen and oxygen atoms in total. The summed E-state index contributed by atoms with van der Waals surface area (Å²) in [7, 11) is 0. The van der Waals surface area contributed by atoms with Crippen molar-refractivity contribution in [1.29, 1.82) is 0 Å². The summed E-state index contributed by atoms with van der Waals surface area (Å²) in [6, 6.07) is -1.41. The van der Waals surface area contributed by atoms with Crippen molar-refractivity contribution in [3.05, 3.63) is 0 Å². The fourth-order valence-corrected chi connectivity index (χ4v) is 6.48. The molecular formula is C24H40N2O6. The van der Waals surface area contributed by atoms with Crippen LogP contribution in [0.4, 0.5) is 0 Å². The molecule has 3 aliphatic heterocycles. The molecule has 3 fully saturated rings. The van der Waals surface area contributed by atoms with Gasteiger partial charge in [0.05, 0.1) is 37.2 Å². The highest BCUT2D eigenvalue weighted by Crippen LogP contribution is 2.59. The number of esters is 1. The molecule has 0 aliphatic carbocycles. The lowest BCUT2D eigenvalue weighted by atomic mass is 9.70. The van der Waals surface area contributed by atoms with Gasteiger partial charge in [0.1, 0.15) is 11.6 Å². The Morgan fingerprint density at radius 2 is 1.94 bits per heavy atom. The molecule has 182 valence electrons. The summed E-state index contributed by atoms with van der Waals surface area (Å²) in [6.45, 7) is 13.9. The standard InChI is InChI=1S/C24H40N2O6/c1-8-14(12-27)26-18(19(28)25-23(6,7)13-22(3,4)5)24-11-10-15(32-24)16(17(24)20(26)29)21(30)31-9-2/h14-18,27H,8-13H2,1-7H3,(H,25,28)/t14-,15-,16+,17+,18-,24+/m0/s1. The van der Waals surface area contributed by atoms with E-state index < -0.39 is 47.1 Å². The molecule has 3 aliphatic rings. The van der Waals surface area contributed by atoms with Gasteiger partial charge >= 0.3 is 5.97 Å². The number of fused-ring (bicyclic) bond motifs is 1. The van der Waals surface area contributed by atoms with E-state index in [9.17, 15) is 19.5 Å². The Morgan fingerprint density at radius 1 is 1.28 bits per heavy atom. The van der Waals surface area contributed by atoms with E-state index in [1.165, 1.54) is 4.90 Å². The molecule has 0 aromatic carbocycles. The minimum Gasteiger partial charge on any atom is -0.466 e. The van der Waals surface area contributed by atoms with Crippen molar-refractivity contribution < 1.29 is 29.0 Å². The first kappa shape index (κ1) is 25.0. The van der Waals surface area contributed by atoms with Crippen molar-refractivity contribution in [2.75, 3.05) is 13.2 Å². The van der Waals surface area contributed by atoms with Gasteiger partial charge in [-0.3, -0.25) is 14.4 Å². The van der Waals surface area contributed by atoms with Crippen LogP contribution >= 0.6 is 0 Å². The number of nitrogens with zero attached hydrogens (tertiary/aromatic N) is 1. The highest BCUT2D eigenvalue weighted by atomic mass is 16.6. The maximum Gasteiger partial charge on any atom is 0.312 e. The second kappa shape index (κ2) is 8.60. The quantitative estimate of drug-likeness (QED) is 0.546. The number of carbonyl (C=O) groups excluding carboxylic acids is 3. The first-order chi connectivity index (χ1) is 14.8. The lowest BCUT2D eigenvalue weighted by Gasteiger charge is -2.40. The molecule has 0 aromatic rings. The smallest absolute Gasteiger partial charge is 0.312 e. The number of carbonyl (C=O) groups is 3. The van der Waals surface area contributed by atoms with Crippen LogP contribution in [0.1, 0.15) is 74.1 Å². The predicted molar refractivity (Wildman–Crippen MR) is 119 cm³/mol. The van der Waals surface area contributed by atoms with Crippen LogP contribution in [0.25, 0.3) is 0 Å². The molecule has 2 amide bonds. The summed E-state index contributed by atoms with van der Waals surface area (Å²) in [6.07, 6.45) is 1.95. The highest BCUT2D eigenvalue weighted by molar-refractivity contribution is 5.98. The van der Waals surface area contributed by atoms with Crippen LogP contribution in [-0.4, -0.2) is 70.3 Å². The van der Waals surface area contributed by atoms with Crippen molar-refractivity contribution >= 4 is 17.8 Å². The highest BCUT2D eigenvalue weighted by Gasteiger charge is 2.75. The normalized spacial score (nSPS) is 32.8. The number of ether oxygens (including phenoxy) is 2. The van der Waals surface area contributed by atoms with Crippen LogP contribution in [0, 0.1) is 17.3 Å². The molecular weight excluding hydrogens is 412 g/mol.